The number of carbonyl (C=O) groups is 1. The van der Waals surface area contributed by atoms with Gasteiger partial charge in [0.15, 0.2) is 0 Å². The number of aromatic nitrogens is 4. The molecule has 25 heavy (non-hydrogen) atoms. The Kier molecular flexibility index (Phi) is 3.88. The van der Waals surface area contributed by atoms with E-state index in [9.17, 15) is 4.79 Å². The number of carbonyl (C=O) groups excluding carboxylic acids is 1. The minimum atomic E-state index is -0.283. The largest absolute Gasteiger partial charge is 0.293 e. The Morgan fingerprint density at radius 2 is 1.88 bits per heavy atom. The van der Waals surface area contributed by atoms with E-state index in [2.05, 4.69) is 50.0 Å². The highest BCUT2D eigenvalue weighted by Gasteiger charge is 2.26. The summed E-state index contributed by atoms with van der Waals surface area (Å²) < 4.78 is 0. The van der Waals surface area contributed by atoms with Crippen LogP contribution in [0.2, 0.25) is 0 Å². The Morgan fingerprint density at radius 1 is 1.04 bits per heavy atom. The maximum Gasteiger partial charge on any atom is 0.293 e. The van der Waals surface area contributed by atoms with Crippen molar-refractivity contribution in [3.05, 3.63) is 76.9 Å². The molecule has 1 amide bonds. The van der Waals surface area contributed by atoms with Crippen molar-refractivity contribution >= 4 is 24.1 Å². The number of anilines is 1. The zero-order valence-corrected chi connectivity index (χ0v) is 13.2. The molecule has 0 saturated heterocycles. The van der Waals surface area contributed by atoms with Crippen LogP contribution in [0.3, 0.4) is 0 Å². The molecule has 122 valence electrons. The molecular formula is C18H14N6O. The summed E-state index contributed by atoms with van der Waals surface area (Å²) in [6, 6.07) is 18.3. The molecule has 1 aliphatic heterocycles. The van der Waals surface area contributed by atoms with Gasteiger partial charge in [0.1, 0.15) is 0 Å². The number of tetrazole rings is 1. The van der Waals surface area contributed by atoms with E-state index in [4.69, 9.17) is 0 Å². The second-order valence-corrected chi connectivity index (χ2v) is 5.58. The fourth-order valence-corrected chi connectivity index (χ4v) is 2.64. The Labute approximate surface area is 143 Å². The first-order valence-corrected chi connectivity index (χ1v) is 7.76. The number of hydrazone groups is 1. The monoisotopic (exact) mass is 330 g/mol. The molecule has 3 aromatic rings. The van der Waals surface area contributed by atoms with Crippen molar-refractivity contribution in [1.29, 1.82) is 0 Å². The molecule has 0 fully saturated rings. The third-order valence-corrected chi connectivity index (χ3v) is 3.80. The molecule has 1 aliphatic rings. The number of nitrogens with one attached hydrogen (secondary N) is 1. The van der Waals surface area contributed by atoms with Gasteiger partial charge in [0.05, 0.1) is 11.8 Å². The third-order valence-electron chi connectivity index (χ3n) is 3.80. The SMILES string of the molecule is O=C1C(=Cc2cccc(Cc3ccccc3)c2)C=NN1c1nn[nH]n1. The van der Waals surface area contributed by atoms with E-state index >= 15 is 0 Å². The third kappa shape index (κ3) is 3.20. The lowest BCUT2D eigenvalue weighted by atomic mass is 10.0. The van der Waals surface area contributed by atoms with E-state index in [0.717, 1.165) is 17.0 Å². The minimum absolute atomic E-state index is 0.127. The molecule has 0 unspecified atom stereocenters. The van der Waals surface area contributed by atoms with Crippen LogP contribution in [-0.4, -0.2) is 32.7 Å². The summed E-state index contributed by atoms with van der Waals surface area (Å²) in [4.78, 5) is 12.4. The van der Waals surface area contributed by atoms with Crippen LogP contribution in [0.15, 0.2) is 65.3 Å². The molecule has 4 rings (SSSR count). The van der Waals surface area contributed by atoms with Gasteiger partial charge < -0.3 is 0 Å². The van der Waals surface area contributed by atoms with Crippen molar-refractivity contribution in [3.8, 4) is 0 Å². The molecule has 2 heterocycles. The van der Waals surface area contributed by atoms with Crippen molar-refractivity contribution in [2.24, 2.45) is 5.10 Å². The van der Waals surface area contributed by atoms with E-state index in [0.29, 0.717) is 5.57 Å². The van der Waals surface area contributed by atoms with Crippen LogP contribution in [0.1, 0.15) is 16.7 Å². The number of aromatic amines is 1. The Bertz CT molecular complexity index is 947. The minimum Gasteiger partial charge on any atom is -0.267 e. The lowest BCUT2D eigenvalue weighted by Gasteiger charge is -2.05. The highest BCUT2D eigenvalue weighted by Crippen LogP contribution is 2.19. The lowest BCUT2D eigenvalue weighted by Crippen LogP contribution is -2.22. The summed E-state index contributed by atoms with van der Waals surface area (Å²) in [5.74, 6) is -0.155. The number of rotatable bonds is 4. The fraction of sp³-hybridized carbons (Fsp3) is 0.0556. The number of H-pyrrole nitrogens is 1. The molecule has 0 aliphatic carbocycles. The van der Waals surface area contributed by atoms with E-state index < -0.39 is 0 Å². The average Bonchev–Trinajstić information content (AvgIpc) is 3.27. The predicted octanol–water partition coefficient (Wildman–Crippen LogP) is 2.21. The molecule has 0 bridgehead atoms. The second kappa shape index (κ2) is 6.48. The molecule has 1 aromatic heterocycles. The standard InChI is InChI=1S/C18H14N6O/c25-17-16(12-19-24(17)18-20-22-23-21-18)11-15-8-4-7-14(10-15)9-13-5-2-1-3-6-13/h1-8,10-12H,9H2,(H,20,21,22,23). The van der Waals surface area contributed by atoms with Gasteiger partial charge in [-0.2, -0.15) is 15.3 Å². The van der Waals surface area contributed by atoms with Crippen LogP contribution in [0, 0.1) is 0 Å². The van der Waals surface area contributed by atoms with Crippen LogP contribution < -0.4 is 5.01 Å². The molecular weight excluding hydrogens is 316 g/mol. The number of hydrogen-bond donors (Lipinski definition) is 1. The van der Waals surface area contributed by atoms with Gasteiger partial charge in [-0.1, -0.05) is 59.7 Å². The Morgan fingerprint density at radius 3 is 2.68 bits per heavy atom. The van der Waals surface area contributed by atoms with Crippen LogP contribution >= 0.6 is 0 Å². The molecule has 7 nitrogen and oxygen atoms in total. The van der Waals surface area contributed by atoms with Gasteiger partial charge in [0.2, 0.25) is 0 Å². The van der Waals surface area contributed by atoms with Gasteiger partial charge in [0, 0.05) is 0 Å². The van der Waals surface area contributed by atoms with Gasteiger partial charge in [-0.15, -0.1) is 5.10 Å². The summed E-state index contributed by atoms with van der Waals surface area (Å²) in [6.45, 7) is 0. The van der Waals surface area contributed by atoms with E-state index in [-0.39, 0.29) is 11.9 Å². The van der Waals surface area contributed by atoms with Gasteiger partial charge in [0.25, 0.3) is 11.9 Å². The summed E-state index contributed by atoms with van der Waals surface area (Å²) >= 11 is 0. The summed E-state index contributed by atoms with van der Waals surface area (Å²) in [6.07, 6.45) is 4.15. The number of benzene rings is 2. The normalized spacial score (nSPS) is 15.3. The van der Waals surface area contributed by atoms with E-state index in [1.54, 1.807) is 6.08 Å². The average molecular weight is 330 g/mol. The van der Waals surface area contributed by atoms with Gasteiger partial charge >= 0.3 is 0 Å². The molecule has 0 saturated carbocycles. The quantitative estimate of drug-likeness (QED) is 0.743. The first-order valence-electron chi connectivity index (χ1n) is 7.76. The number of nitrogens with zero attached hydrogens (tertiary/aromatic N) is 5. The number of amides is 1. The van der Waals surface area contributed by atoms with Gasteiger partial charge in [-0.25, -0.2) is 0 Å². The first kappa shape index (κ1) is 14.9. The molecule has 0 atom stereocenters. The molecule has 0 radical (unpaired) electrons. The van der Waals surface area contributed by atoms with E-state index in [1.165, 1.54) is 17.3 Å². The van der Waals surface area contributed by atoms with Crippen LogP contribution in [-0.2, 0) is 11.2 Å². The Balaban J connectivity index is 1.55. The molecule has 7 heteroatoms. The van der Waals surface area contributed by atoms with Crippen molar-refractivity contribution in [1.82, 2.24) is 20.6 Å². The zero-order valence-electron chi connectivity index (χ0n) is 13.2. The predicted molar refractivity (Wildman–Crippen MR) is 93.8 cm³/mol. The summed E-state index contributed by atoms with van der Waals surface area (Å²) in [5.41, 5.74) is 3.84. The lowest BCUT2D eigenvalue weighted by molar-refractivity contribution is -0.114. The molecule has 2 aromatic carbocycles. The topological polar surface area (TPSA) is 87.1 Å². The first-order chi connectivity index (χ1) is 12.3. The van der Waals surface area contributed by atoms with Crippen LogP contribution in [0.25, 0.3) is 6.08 Å². The maximum atomic E-state index is 12.4. The summed E-state index contributed by atoms with van der Waals surface area (Å²) in [7, 11) is 0. The molecule has 0 spiro atoms. The second-order valence-electron chi connectivity index (χ2n) is 5.58. The van der Waals surface area contributed by atoms with E-state index in [1.807, 2.05) is 30.3 Å². The fourth-order valence-electron chi connectivity index (χ4n) is 2.64. The summed E-state index contributed by atoms with van der Waals surface area (Å²) in [5, 5.41) is 18.4. The smallest absolute Gasteiger partial charge is 0.267 e. The van der Waals surface area contributed by atoms with Crippen LogP contribution in [0.5, 0.6) is 0 Å². The molecule has 1 N–H and O–H groups in total. The van der Waals surface area contributed by atoms with Gasteiger partial charge in [-0.05, 0) is 34.4 Å². The Hall–Kier alpha value is -3.61. The van der Waals surface area contributed by atoms with Gasteiger partial charge in [-0.3, -0.25) is 4.79 Å². The zero-order chi connectivity index (χ0) is 17.1. The highest BCUT2D eigenvalue weighted by molar-refractivity contribution is 6.25. The maximum absolute atomic E-state index is 12.4. The number of hydrogen-bond acceptors (Lipinski definition) is 5. The van der Waals surface area contributed by atoms with Crippen LogP contribution in [0.4, 0.5) is 5.95 Å². The van der Waals surface area contributed by atoms with Crippen molar-refractivity contribution in [3.63, 3.8) is 0 Å². The highest BCUT2D eigenvalue weighted by atomic mass is 16.2. The van der Waals surface area contributed by atoms with Crippen molar-refractivity contribution < 1.29 is 4.79 Å². The van der Waals surface area contributed by atoms with Crippen molar-refractivity contribution in [2.45, 2.75) is 6.42 Å². The van der Waals surface area contributed by atoms with Crippen molar-refractivity contribution in [2.75, 3.05) is 5.01 Å².